The standard InChI is InChI=1S/C24H20P.2ClH.Ni/c1-5-13-21(14-6-1)25(22-15-7-2-8-16-22,23-17-9-3-10-18-23)24-19-11-4-12-20-24;;;/h1-3,5-20,25H;2*1H;/q;;;+2/p-2. The van der Waals surface area contributed by atoms with Crippen LogP contribution in [0.1, 0.15) is 0 Å². The summed E-state index contributed by atoms with van der Waals surface area (Å²) in [5, 5.41) is 5.59. The van der Waals surface area contributed by atoms with Crippen LogP contribution in [0.25, 0.3) is 0 Å². The summed E-state index contributed by atoms with van der Waals surface area (Å²) in [7, 11) is 7.08. The van der Waals surface area contributed by atoms with Crippen LogP contribution in [0.3, 0.4) is 0 Å². The van der Waals surface area contributed by atoms with E-state index in [4.69, 9.17) is 20.4 Å². The zero-order valence-corrected chi connectivity index (χ0v) is 18.5. The topological polar surface area (TPSA) is 0 Å². The van der Waals surface area contributed by atoms with Crippen LogP contribution in [0.15, 0.2) is 115 Å². The number of hydrogen-bond donors (Lipinski definition) is 0. The van der Waals surface area contributed by atoms with Crippen LogP contribution < -0.4 is 21.2 Å². The molecule has 0 aromatic heterocycles. The van der Waals surface area contributed by atoms with E-state index in [1.807, 2.05) is 12.1 Å². The summed E-state index contributed by atoms with van der Waals surface area (Å²) < 4.78 is 0. The molecule has 0 saturated heterocycles. The Labute approximate surface area is 182 Å². The Balaban J connectivity index is 0.000000706. The molecule has 0 N–H and O–H groups in total. The number of benzene rings is 4. The third-order valence-electron chi connectivity index (χ3n) is 4.77. The minimum absolute atomic E-state index is 0.569. The molecule has 4 aromatic carbocycles. The molecule has 0 spiro atoms. The van der Waals surface area contributed by atoms with Crippen LogP contribution in [-0.2, 0) is 12.7 Å². The molecule has 0 amide bonds. The summed E-state index contributed by atoms with van der Waals surface area (Å²) in [5.41, 5.74) is 0. The van der Waals surface area contributed by atoms with Gasteiger partial charge in [-0.15, -0.1) is 0 Å². The summed E-state index contributed by atoms with van der Waals surface area (Å²) in [6.45, 7) is 0. The van der Waals surface area contributed by atoms with E-state index in [9.17, 15) is 0 Å². The zero-order chi connectivity index (χ0) is 19.7. The molecule has 0 aliphatic carbocycles. The van der Waals surface area contributed by atoms with Crippen LogP contribution in [0.4, 0.5) is 0 Å². The van der Waals surface area contributed by atoms with E-state index in [1.165, 1.54) is 21.2 Å². The van der Waals surface area contributed by atoms with Crippen molar-refractivity contribution in [3.8, 4) is 0 Å². The van der Waals surface area contributed by atoms with Gasteiger partial charge in [-0.25, -0.2) is 0 Å². The molecular formula is C24H20Cl2NiP. The first-order valence-electron chi connectivity index (χ1n) is 8.79. The van der Waals surface area contributed by atoms with Crippen molar-refractivity contribution in [1.29, 1.82) is 0 Å². The summed E-state index contributed by atoms with van der Waals surface area (Å²) in [6, 6.07) is 44.6. The summed E-state index contributed by atoms with van der Waals surface area (Å²) in [5.74, 6) is 0. The molecule has 0 bridgehead atoms. The van der Waals surface area contributed by atoms with Crippen LogP contribution in [-0.4, -0.2) is 0 Å². The van der Waals surface area contributed by atoms with Crippen LogP contribution in [0.2, 0.25) is 0 Å². The quantitative estimate of drug-likeness (QED) is 0.285. The third kappa shape index (κ3) is 4.51. The number of hydrogen-bond acceptors (Lipinski definition) is 0. The van der Waals surface area contributed by atoms with E-state index in [1.54, 1.807) is 0 Å². The van der Waals surface area contributed by atoms with Crippen molar-refractivity contribution in [3.05, 3.63) is 121 Å². The second-order valence-electron chi connectivity index (χ2n) is 6.18. The van der Waals surface area contributed by atoms with Gasteiger partial charge in [0.05, 0.1) is 0 Å². The molecule has 4 rings (SSSR count). The molecule has 28 heavy (non-hydrogen) atoms. The molecule has 0 heterocycles. The van der Waals surface area contributed by atoms with Gasteiger partial charge < -0.3 is 0 Å². The van der Waals surface area contributed by atoms with E-state index in [2.05, 4.69) is 109 Å². The summed E-state index contributed by atoms with van der Waals surface area (Å²) in [6.07, 6.45) is 0. The normalized spacial score (nSPS) is 11.4. The molecule has 145 valence electrons. The Hall–Kier alpha value is -1.62. The third-order valence-corrected chi connectivity index (χ3v) is 9.57. The molecule has 4 heteroatoms. The fraction of sp³-hybridized carbons (Fsp3) is 0. The first kappa shape index (κ1) is 21.1. The van der Waals surface area contributed by atoms with Gasteiger partial charge in [-0.1, -0.05) is 0 Å². The maximum absolute atomic E-state index is 4.70. The fourth-order valence-corrected chi connectivity index (χ4v) is 8.45. The molecule has 0 aliphatic rings. The van der Waals surface area contributed by atoms with Gasteiger partial charge in [0.25, 0.3) is 0 Å². The molecule has 0 nitrogen and oxygen atoms in total. The molecule has 0 atom stereocenters. The first-order chi connectivity index (χ1) is 13.8. The summed E-state index contributed by atoms with van der Waals surface area (Å²) >= 11 is 0.569. The predicted octanol–water partition coefficient (Wildman–Crippen LogP) is 5.21. The van der Waals surface area contributed by atoms with Crippen molar-refractivity contribution in [3.63, 3.8) is 0 Å². The van der Waals surface area contributed by atoms with Crippen molar-refractivity contribution in [2.24, 2.45) is 0 Å². The molecule has 1 radical (unpaired) electrons. The molecule has 0 fully saturated rings. The van der Waals surface area contributed by atoms with Gasteiger partial charge in [-0.05, 0) is 0 Å². The Morgan fingerprint density at radius 2 is 0.786 bits per heavy atom. The van der Waals surface area contributed by atoms with Crippen molar-refractivity contribution in [2.75, 3.05) is 0 Å². The van der Waals surface area contributed by atoms with Gasteiger partial charge in [0.15, 0.2) is 0 Å². The molecular weight excluding hydrogens is 449 g/mol. The van der Waals surface area contributed by atoms with Gasteiger partial charge >= 0.3 is 183 Å². The van der Waals surface area contributed by atoms with Crippen molar-refractivity contribution in [1.82, 2.24) is 0 Å². The van der Waals surface area contributed by atoms with Gasteiger partial charge in [-0.2, -0.15) is 0 Å². The van der Waals surface area contributed by atoms with E-state index in [-0.39, 0.29) is 0 Å². The second-order valence-corrected chi connectivity index (χ2v) is 11.6. The van der Waals surface area contributed by atoms with E-state index in [0.717, 1.165) is 0 Å². The minimum atomic E-state index is -2.32. The molecule has 0 saturated carbocycles. The average Bonchev–Trinajstić information content (AvgIpc) is 2.78. The van der Waals surface area contributed by atoms with Gasteiger partial charge in [0.2, 0.25) is 0 Å². The predicted molar refractivity (Wildman–Crippen MR) is 123 cm³/mol. The van der Waals surface area contributed by atoms with Gasteiger partial charge in [0.1, 0.15) is 0 Å². The number of halogens is 2. The Morgan fingerprint density at radius 3 is 1.11 bits per heavy atom. The fourth-order valence-electron chi connectivity index (χ4n) is 3.70. The van der Waals surface area contributed by atoms with Crippen LogP contribution >= 0.6 is 27.7 Å². The van der Waals surface area contributed by atoms with Crippen LogP contribution in [0, 0.1) is 6.07 Å². The molecule has 0 unspecified atom stereocenters. The first-order valence-corrected chi connectivity index (χ1v) is 13.5. The summed E-state index contributed by atoms with van der Waals surface area (Å²) in [4.78, 5) is 0. The maximum atomic E-state index is 4.70. The van der Waals surface area contributed by atoms with Crippen LogP contribution in [0.5, 0.6) is 0 Å². The van der Waals surface area contributed by atoms with E-state index < -0.39 is 7.26 Å². The van der Waals surface area contributed by atoms with E-state index >= 15 is 0 Å². The Kier molecular flexibility index (Phi) is 8.14. The van der Waals surface area contributed by atoms with Gasteiger partial charge in [0, 0.05) is 0 Å². The SMILES string of the molecule is [Cl][Ni][Cl].[c]1ccc([PH](c2ccccc2)(c2ccccc2)c2ccccc2)cc1. The average molecular weight is 469 g/mol. The van der Waals surface area contributed by atoms with Crippen molar-refractivity contribution in [2.45, 2.75) is 0 Å². The van der Waals surface area contributed by atoms with Crippen molar-refractivity contribution >= 4 is 48.9 Å². The zero-order valence-electron chi connectivity index (χ0n) is 15.0. The monoisotopic (exact) mass is 467 g/mol. The number of rotatable bonds is 4. The Bertz CT molecular complexity index is 785. The Morgan fingerprint density at radius 1 is 0.500 bits per heavy atom. The molecule has 0 aliphatic heterocycles. The molecule has 4 aromatic rings. The second kappa shape index (κ2) is 10.8. The van der Waals surface area contributed by atoms with Crippen molar-refractivity contribution < 1.29 is 12.7 Å². The van der Waals surface area contributed by atoms with Gasteiger partial charge in [-0.3, -0.25) is 0 Å². The van der Waals surface area contributed by atoms with E-state index in [0.29, 0.717) is 12.7 Å².